The molecule has 166 valence electrons. The fraction of sp³-hybridized carbons (Fsp3) is 0.120. The molecule has 1 saturated heterocycles. The van der Waals surface area contributed by atoms with Gasteiger partial charge in [0, 0.05) is 16.8 Å². The normalized spacial score (nSPS) is 17.6. The molecule has 33 heavy (non-hydrogen) atoms. The maximum atomic E-state index is 5.99. The van der Waals surface area contributed by atoms with E-state index in [0.29, 0.717) is 5.11 Å². The number of anilines is 1. The third-order valence-electron chi connectivity index (χ3n) is 5.39. The Hall–Kier alpha value is -2.94. The van der Waals surface area contributed by atoms with Crippen molar-refractivity contribution in [2.75, 3.05) is 12.0 Å². The summed E-state index contributed by atoms with van der Waals surface area (Å²) in [7, 11) is 1.65. The lowest BCUT2D eigenvalue weighted by Gasteiger charge is -2.27. The lowest BCUT2D eigenvalue weighted by Crippen LogP contribution is -2.28. The number of nitrogens with zero attached hydrogens (tertiary/aromatic N) is 2. The molecule has 2 aromatic carbocycles. The van der Waals surface area contributed by atoms with Crippen LogP contribution in [0.1, 0.15) is 22.7 Å². The van der Waals surface area contributed by atoms with Crippen LogP contribution < -0.4 is 19.7 Å². The van der Waals surface area contributed by atoms with E-state index in [-0.39, 0.29) is 12.1 Å². The average Bonchev–Trinajstić information content (AvgIpc) is 3.43. The second kappa shape index (κ2) is 9.51. The number of pyridine rings is 1. The smallest absolute Gasteiger partial charge is 0.174 e. The summed E-state index contributed by atoms with van der Waals surface area (Å²) in [4.78, 5) is 7.95. The van der Waals surface area contributed by atoms with Crippen molar-refractivity contribution >= 4 is 50.3 Å². The Labute approximate surface area is 210 Å². The van der Waals surface area contributed by atoms with Crippen LogP contribution in [0.4, 0.5) is 5.69 Å². The highest BCUT2D eigenvalue weighted by molar-refractivity contribution is 9.11. The second-order valence-corrected chi connectivity index (χ2v) is 10.3. The predicted molar refractivity (Wildman–Crippen MR) is 139 cm³/mol. The molecule has 8 heteroatoms. The quantitative estimate of drug-likeness (QED) is 0.270. The molecule has 1 aliphatic heterocycles. The van der Waals surface area contributed by atoms with E-state index in [1.807, 2.05) is 72.9 Å². The van der Waals surface area contributed by atoms with E-state index in [1.54, 1.807) is 18.4 Å². The highest BCUT2D eigenvalue weighted by atomic mass is 79.9. The molecule has 0 amide bonds. The largest absolute Gasteiger partial charge is 0.497 e. The molecule has 1 N–H and O–H groups in total. The van der Waals surface area contributed by atoms with E-state index in [9.17, 15) is 0 Å². The first-order valence-corrected chi connectivity index (χ1v) is 12.3. The Balaban J connectivity index is 1.44. The van der Waals surface area contributed by atoms with Crippen LogP contribution in [0.5, 0.6) is 17.2 Å². The van der Waals surface area contributed by atoms with Gasteiger partial charge in [0.1, 0.15) is 17.2 Å². The first-order chi connectivity index (χ1) is 16.1. The molecule has 1 fully saturated rings. The fourth-order valence-corrected chi connectivity index (χ4v) is 5.76. The number of benzene rings is 2. The minimum Gasteiger partial charge on any atom is -0.497 e. The van der Waals surface area contributed by atoms with Crippen LogP contribution in [-0.4, -0.2) is 17.2 Å². The molecule has 2 atom stereocenters. The standard InChI is InChI=1S/C25H20BrN3O2S2/c1-30-17-9-11-19(12-10-17)31-18-7-5-16(6-8-18)29-24(21-13-14-22(26)33-21)23(28-25(29)32)20-4-2-3-15-27-20/h2-15,23-24H,1H3,(H,28,32)/t23-,24+/m0/s1. The van der Waals surface area contributed by atoms with Crippen LogP contribution in [-0.2, 0) is 0 Å². The van der Waals surface area contributed by atoms with Gasteiger partial charge in [0.2, 0.25) is 0 Å². The van der Waals surface area contributed by atoms with Gasteiger partial charge in [-0.3, -0.25) is 4.98 Å². The molecular weight excluding hydrogens is 518 g/mol. The molecule has 5 nitrogen and oxygen atoms in total. The molecule has 0 unspecified atom stereocenters. The maximum Gasteiger partial charge on any atom is 0.174 e. The molecule has 0 bridgehead atoms. The van der Waals surface area contributed by atoms with E-state index in [0.717, 1.165) is 32.4 Å². The van der Waals surface area contributed by atoms with E-state index in [4.69, 9.17) is 21.7 Å². The van der Waals surface area contributed by atoms with E-state index >= 15 is 0 Å². The molecule has 0 saturated carbocycles. The topological polar surface area (TPSA) is 46.6 Å². The highest BCUT2D eigenvalue weighted by Crippen LogP contribution is 2.44. The Morgan fingerprint density at radius 1 is 0.939 bits per heavy atom. The minimum absolute atomic E-state index is 0.0166. The van der Waals surface area contributed by atoms with Crippen molar-refractivity contribution in [3.63, 3.8) is 0 Å². The molecule has 1 aliphatic rings. The summed E-state index contributed by atoms with van der Waals surface area (Å²) in [6.45, 7) is 0. The van der Waals surface area contributed by atoms with Crippen molar-refractivity contribution in [3.05, 3.63) is 99.4 Å². The number of thiophene rings is 1. The highest BCUT2D eigenvalue weighted by Gasteiger charge is 2.41. The Morgan fingerprint density at radius 3 is 2.24 bits per heavy atom. The minimum atomic E-state index is -0.0560. The van der Waals surface area contributed by atoms with Gasteiger partial charge in [-0.2, -0.15) is 0 Å². The molecule has 3 heterocycles. The third-order valence-corrected chi connectivity index (χ3v) is 7.40. The summed E-state index contributed by atoms with van der Waals surface area (Å²) in [6, 6.07) is 25.6. The molecule has 2 aromatic heterocycles. The predicted octanol–water partition coefficient (Wildman–Crippen LogP) is 6.88. The number of rotatable bonds is 6. The Kier molecular flexibility index (Phi) is 6.30. The van der Waals surface area contributed by atoms with E-state index < -0.39 is 0 Å². The van der Waals surface area contributed by atoms with E-state index in [2.05, 4.69) is 43.3 Å². The summed E-state index contributed by atoms with van der Waals surface area (Å²) < 4.78 is 12.3. The molecule has 4 aromatic rings. The Bertz CT molecular complexity index is 1250. The van der Waals surface area contributed by atoms with Gasteiger partial charge in [0.05, 0.1) is 28.7 Å². The van der Waals surface area contributed by atoms with Crippen LogP contribution in [0, 0.1) is 0 Å². The van der Waals surface area contributed by atoms with Crippen molar-refractivity contribution < 1.29 is 9.47 Å². The second-order valence-electron chi connectivity index (χ2n) is 7.41. The van der Waals surface area contributed by atoms with Gasteiger partial charge in [-0.05, 0) is 101 Å². The van der Waals surface area contributed by atoms with Crippen molar-refractivity contribution in [2.24, 2.45) is 0 Å². The molecule has 0 spiro atoms. The molecule has 0 radical (unpaired) electrons. The zero-order valence-corrected chi connectivity index (χ0v) is 20.9. The number of methoxy groups -OCH3 is 1. The summed E-state index contributed by atoms with van der Waals surface area (Å²) in [5.74, 6) is 2.29. The van der Waals surface area contributed by atoms with Gasteiger partial charge in [-0.15, -0.1) is 11.3 Å². The van der Waals surface area contributed by atoms with Crippen LogP contribution in [0.25, 0.3) is 0 Å². The number of hydrogen-bond acceptors (Lipinski definition) is 5. The zero-order chi connectivity index (χ0) is 22.8. The first kappa shape index (κ1) is 21.9. The number of thiocarbonyl (C=S) groups is 1. The summed E-state index contributed by atoms with van der Waals surface area (Å²) in [6.07, 6.45) is 1.81. The van der Waals surface area contributed by atoms with Gasteiger partial charge in [-0.25, -0.2) is 0 Å². The number of nitrogens with one attached hydrogen (secondary N) is 1. The van der Waals surface area contributed by atoms with Gasteiger partial charge < -0.3 is 19.7 Å². The summed E-state index contributed by atoms with van der Waals surface area (Å²) in [5.41, 5.74) is 1.94. The number of hydrogen-bond donors (Lipinski definition) is 1. The summed E-state index contributed by atoms with van der Waals surface area (Å²) in [5, 5.41) is 4.16. The number of halogens is 1. The van der Waals surface area contributed by atoms with E-state index in [1.165, 1.54) is 4.88 Å². The lowest BCUT2D eigenvalue weighted by atomic mass is 10.0. The molecule has 5 rings (SSSR count). The van der Waals surface area contributed by atoms with Crippen LogP contribution in [0.15, 0.2) is 88.8 Å². The van der Waals surface area contributed by atoms with Gasteiger partial charge in [-0.1, -0.05) is 6.07 Å². The van der Waals surface area contributed by atoms with Crippen molar-refractivity contribution in [1.29, 1.82) is 0 Å². The van der Waals surface area contributed by atoms with Crippen LogP contribution in [0.3, 0.4) is 0 Å². The Morgan fingerprint density at radius 2 is 1.64 bits per heavy atom. The summed E-state index contributed by atoms with van der Waals surface area (Å²) >= 11 is 11.1. The first-order valence-electron chi connectivity index (χ1n) is 10.3. The van der Waals surface area contributed by atoms with Crippen LogP contribution in [0.2, 0.25) is 0 Å². The molecular formula is C25H20BrN3O2S2. The van der Waals surface area contributed by atoms with Crippen molar-refractivity contribution in [1.82, 2.24) is 10.3 Å². The van der Waals surface area contributed by atoms with Crippen molar-refractivity contribution in [3.8, 4) is 17.2 Å². The SMILES string of the molecule is COc1ccc(Oc2ccc(N3C(=S)N[C@@H](c4ccccn4)[C@H]3c3ccc(Br)s3)cc2)cc1. The fourth-order valence-electron chi connectivity index (χ4n) is 3.86. The van der Waals surface area contributed by atoms with Crippen molar-refractivity contribution in [2.45, 2.75) is 12.1 Å². The number of ether oxygens (including phenoxy) is 2. The van der Waals surface area contributed by atoms with Gasteiger partial charge >= 0.3 is 0 Å². The third kappa shape index (κ3) is 4.59. The maximum absolute atomic E-state index is 5.99. The zero-order valence-electron chi connectivity index (χ0n) is 17.6. The average molecular weight is 538 g/mol. The lowest BCUT2D eigenvalue weighted by molar-refractivity contribution is 0.413. The van der Waals surface area contributed by atoms with Crippen LogP contribution >= 0.6 is 39.5 Å². The number of aromatic nitrogens is 1. The monoisotopic (exact) mass is 537 g/mol. The van der Waals surface area contributed by atoms with Gasteiger partial charge in [0.15, 0.2) is 5.11 Å². The van der Waals surface area contributed by atoms with Gasteiger partial charge in [0.25, 0.3) is 0 Å². The molecule has 0 aliphatic carbocycles.